The van der Waals surface area contributed by atoms with Crippen LogP contribution in [-0.4, -0.2) is 98.2 Å². The Bertz CT molecular complexity index is 1510. The van der Waals surface area contributed by atoms with Gasteiger partial charge in [0.25, 0.3) is 11.8 Å². The first-order valence-electron chi connectivity index (χ1n) is 19.6. The van der Waals surface area contributed by atoms with Gasteiger partial charge in [-0.2, -0.15) is 0 Å². The smallest absolute Gasteiger partial charge is 0.272 e. The number of aliphatic hydroxyl groups is 1. The van der Waals surface area contributed by atoms with Crippen molar-refractivity contribution in [1.29, 1.82) is 0 Å². The number of aliphatic hydroxyl groups excluding tert-OH is 1. The highest BCUT2D eigenvalue weighted by Gasteiger charge is 2.51. The second-order valence-corrected chi connectivity index (χ2v) is 15.6. The Labute approximate surface area is 312 Å². The summed E-state index contributed by atoms with van der Waals surface area (Å²) in [5.41, 5.74) is 0.875. The molecule has 0 radical (unpaired) electrons. The van der Waals surface area contributed by atoms with Crippen LogP contribution in [0.3, 0.4) is 0 Å². The molecule has 14 heteroatoms. The quantitative estimate of drug-likeness (QED) is 0.149. The maximum absolute atomic E-state index is 14.7. The first kappa shape index (κ1) is 40.0. The number of rotatable bonds is 17. The highest BCUT2D eigenvalue weighted by molar-refractivity contribution is 5.98. The summed E-state index contributed by atoms with van der Waals surface area (Å²) in [6.07, 6.45) is 13.7. The average molecular weight is 736 g/mol. The van der Waals surface area contributed by atoms with E-state index in [9.17, 15) is 33.9 Å². The predicted octanol–water partition coefficient (Wildman–Crippen LogP) is 2.51. The summed E-state index contributed by atoms with van der Waals surface area (Å²) >= 11 is 0. The fourth-order valence-electron chi connectivity index (χ4n) is 8.35. The van der Waals surface area contributed by atoms with Gasteiger partial charge in [-0.15, -0.1) is 0 Å². The number of nitrogens with one attached hydrogen (secondary N) is 4. The van der Waals surface area contributed by atoms with Crippen molar-refractivity contribution in [3.05, 3.63) is 35.9 Å². The highest BCUT2D eigenvalue weighted by atomic mass is 16.3. The molecule has 2 heterocycles. The molecule has 1 saturated heterocycles. The van der Waals surface area contributed by atoms with Gasteiger partial charge in [-0.25, -0.2) is 4.98 Å². The van der Waals surface area contributed by atoms with E-state index in [1.165, 1.54) is 29.6 Å². The van der Waals surface area contributed by atoms with Crippen LogP contribution in [0.25, 0.3) is 0 Å². The van der Waals surface area contributed by atoms with Crippen molar-refractivity contribution in [2.45, 2.75) is 147 Å². The van der Waals surface area contributed by atoms with Crippen molar-refractivity contribution < 1.29 is 33.9 Å². The second-order valence-electron chi connectivity index (χ2n) is 15.6. The van der Waals surface area contributed by atoms with E-state index in [0.29, 0.717) is 19.4 Å². The molecule has 0 aromatic carbocycles. The summed E-state index contributed by atoms with van der Waals surface area (Å²) in [6, 6.07) is -3.76. The van der Waals surface area contributed by atoms with Gasteiger partial charge in [-0.05, 0) is 89.0 Å². The molecule has 1 unspecified atom stereocenters. The van der Waals surface area contributed by atoms with E-state index in [4.69, 9.17) is 0 Å². The maximum Gasteiger partial charge on any atom is 0.272 e. The van der Waals surface area contributed by atoms with Crippen LogP contribution in [0.15, 0.2) is 30.2 Å². The Balaban J connectivity index is 1.38. The summed E-state index contributed by atoms with van der Waals surface area (Å²) < 4.78 is 0. The van der Waals surface area contributed by atoms with Crippen molar-refractivity contribution in [3.63, 3.8) is 0 Å². The zero-order chi connectivity index (χ0) is 38.1. The molecule has 7 atom stereocenters. The lowest BCUT2D eigenvalue weighted by atomic mass is 9.83. The SMILES string of the molecule is CCC[C@H](NC(=O)[C@@H]1[C@H]2CCC[C@H]2CN1C(=O)[C@H](CCC(=O)C=C(C)C)NC(=O)[C@@H](NC(=O)c1cnccn1)C1CCCCC1)C(O)C(=O)NC1CC1. The minimum Gasteiger partial charge on any atom is -0.381 e. The zero-order valence-corrected chi connectivity index (χ0v) is 31.4. The molecule has 0 bridgehead atoms. The van der Waals surface area contributed by atoms with Crippen LogP contribution in [0.5, 0.6) is 0 Å². The molecule has 1 aromatic heterocycles. The lowest BCUT2D eigenvalue weighted by molar-refractivity contribution is -0.144. The molecule has 1 aromatic rings. The summed E-state index contributed by atoms with van der Waals surface area (Å²) in [7, 11) is 0. The fraction of sp³-hybridized carbons (Fsp3) is 0.692. The van der Waals surface area contributed by atoms with Crippen LogP contribution in [0.2, 0.25) is 0 Å². The number of hydrogen-bond acceptors (Lipinski definition) is 9. The molecule has 5 N–H and O–H groups in total. The van der Waals surface area contributed by atoms with Gasteiger partial charge in [0, 0.05) is 31.4 Å². The second kappa shape index (κ2) is 18.7. The minimum absolute atomic E-state index is 0.00135. The number of likely N-dealkylation sites (tertiary alicyclic amines) is 1. The number of ketones is 1. The Morgan fingerprint density at radius 2 is 1.66 bits per heavy atom. The molecular weight excluding hydrogens is 678 g/mol. The number of nitrogens with zero attached hydrogens (tertiary/aromatic N) is 3. The average Bonchev–Trinajstić information content (AvgIpc) is 3.71. The normalized spacial score (nSPS) is 23.5. The topological polar surface area (TPSA) is 200 Å². The van der Waals surface area contributed by atoms with E-state index in [0.717, 1.165) is 69.8 Å². The Morgan fingerprint density at radius 1 is 0.906 bits per heavy atom. The Morgan fingerprint density at radius 3 is 2.32 bits per heavy atom. The van der Waals surface area contributed by atoms with Crippen molar-refractivity contribution >= 4 is 35.3 Å². The van der Waals surface area contributed by atoms with Gasteiger partial charge in [0.05, 0.1) is 12.2 Å². The lowest BCUT2D eigenvalue weighted by Crippen LogP contribution is -2.60. The number of amides is 5. The van der Waals surface area contributed by atoms with Gasteiger partial charge in [-0.3, -0.25) is 33.8 Å². The molecule has 14 nitrogen and oxygen atoms in total. The van der Waals surface area contributed by atoms with Crippen molar-refractivity contribution in [2.24, 2.45) is 17.8 Å². The van der Waals surface area contributed by atoms with Crippen LogP contribution in [-0.2, 0) is 24.0 Å². The Kier molecular flexibility index (Phi) is 14.1. The summed E-state index contributed by atoms with van der Waals surface area (Å²) in [5, 5.41) is 22.5. The number of carbonyl (C=O) groups excluding carboxylic acids is 6. The van der Waals surface area contributed by atoms with Gasteiger partial charge in [-0.1, -0.05) is 44.6 Å². The maximum atomic E-state index is 14.7. The van der Waals surface area contributed by atoms with Crippen LogP contribution in [0.4, 0.5) is 0 Å². The van der Waals surface area contributed by atoms with Gasteiger partial charge in [0.2, 0.25) is 17.7 Å². The summed E-state index contributed by atoms with van der Waals surface area (Å²) in [6.45, 7) is 5.83. The monoisotopic (exact) mass is 735 g/mol. The number of hydrogen-bond donors (Lipinski definition) is 5. The Hall–Kier alpha value is -4.20. The van der Waals surface area contributed by atoms with Crippen molar-refractivity contribution in [1.82, 2.24) is 36.1 Å². The lowest BCUT2D eigenvalue weighted by Gasteiger charge is -2.34. The van der Waals surface area contributed by atoms with Crippen molar-refractivity contribution in [3.8, 4) is 0 Å². The molecule has 3 aliphatic carbocycles. The van der Waals surface area contributed by atoms with Gasteiger partial charge < -0.3 is 31.3 Å². The summed E-state index contributed by atoms with van der Waals surface area (Å²) in [4.78, 5) is 91.6. The van der Waals surface area contributed by atoms with E-state index < -0.39 is 59.8 Å². The first-order chi connectivity index (χ1) is 25.5. The van der Waals surface area contributed by atoms with Crippen molar-refractivity contribution in [2.75, 3.05) is 6.54 Å². The first-order valence-corrected chi connectivity index (χ1v) is 19.6. The predicted molar refractivity (Wildman–Crippen MR) is 196 cm³/mol. The third-order valence-corrected chi connectivity index (χ3v) is 11.2. The molecule has 0 spiro atoms. The summed E-state index contributed by atoms with van der Waals surface area (Å²) in [5.74, 6) is -2.92. The van der Waals surface area contributed by atoms with Gasteiger partial charge in [0.1, 0.15) is 23.8 Å². The van der Waals surface area contributed by atoms with Gasteiger partial charge in [0.15, 0.2) is 11.9 Å². The highest BCUT2D eigenvalue weighted by Crippen LogP contribution is 2.43. The molecule has 53 heavy (non-hydrogen) atoms. The van der Waals surface area contributed by atoms with E-state index in [-0.39, 0.29) is 48.1 Å². The molecular formula is C39H57N7O7. The van der Waals surface area contributed by atoms with E-state index >= 15 is 0 Å². The van der Waals surface area contributed by atoms with E-state index in [1.807, 2.05) is 6.92 Å². The third kappa shape index (κ3) is 10.7. The number of aromatic nitrogens is 2. The molecule has 290 valence electrons. The molecule has 5 amide bonds. The number of allylic oxidation sites excluding steroid dienone is 2. The van der Waals surface area contributed by atoms with Crippen LogP contribution >= 0.6 is 0 Å². The molecule has 4 fully saturated rings. The molecule has 3 saturated carbocycles. The molecule has 1 aliphatic heterocycles. The third-order valence-electron chi connectivity index (χ3n) is 11.2. The molecule has 4 aliphatic rings. The largest absolute Gasteiger partial charge is 0.381 e. The van der Waals surface area contributed by atoms with E-state index in [1.54, 1.807) is 13.8 Å². The van der Waals surface area contributed by atoms with Crippen LogP contribution in [0.1, 0.15) is 121 Å². The molecule has 5 rings (SSSR count). The standard InChI is InChI=1S/C39H57N7O7/c1-4-9-29(34(48)38(52)42-26-14-15-26)43-37(51)33-28-13-8-12-25(28)22-46(33)39(53)30(17-16-27(47)20-23(2)3)44-36(50)32(24-10-6-5-7-11-24)45-35(49)31-21-40-18-19-41-31/h18-21,24-26,28-30,32-34,48H,4-17,22H2,1-3H3,(H,42,52)(H,43,51)(H,44,50)(H,45,49)/t25-,28-,29-,30-,32-,33-,34?/m0/s1. The van der Waals surface area contributed by atoms with Gasteiger partial charge >= 0.3 is 0 Å². The number of fused-ring (bicyclic) bond motifs is 1. The zero-order valence-electron chi connectivity index (χ0n) is 31.4. The van der Waals surface area contributed by atoms with Crippen LogP contribution in [0, 0.1) is 17.8 Å². The number of carbonyl (C=O) groups is 6. The van der Waals surface area contributed by atoms with E-state index in [2.05, 4.69) is 31.2 Å². The fourth-order valence-corrected chi connectivity index (χ4v) is 8.35. The van der Waals surface area contributed by atoms with Crippen LogP contribution < -0.4 is 21.3 Å². The minimum atomic E-state index is -1.44.